The van der Waals surface area contributed by atoms with Crippen molar-refractivity contribution in [2.24, 2.45) is 0 Å². The predicted molar refractivity (Wildman–Crippen MR) is 130 cm³/mol. The monoisotopic (exact) mass is 466 g/mol. The van der Waals surface area contributed by atoms with E-state index in [0.717, 1.165) is 42.0 Å². The van der Waals surface area contributed by atoms with Gasteiger partial charge >= 0.3 is 0 Å². The van der Waals surface area contributed by atoms with Crippen molar-refractivity contribution < 1.29 is 9.53 Å². The fourth-order valence-corrected chi connectivity index (χ4v) is 4.61. The van der Waals surface area contributed by atoms with Crippen LogP contribution in [0, 0.1) is 11.3 Å². The fourth-order valence-electron chi connectivity index (χ4n) is 2.95. The Balaban J connectivity index is 1.52. The van der Waals surface area contributed by atoms with Crippen LogP contribution in [0.3, 0.4) is 0 Å². The van der Waals surface area contributed by atoms with Crippen LogP contribution in [-0.4, -0.2) is 28.2 Å². The van der Waals surface area contributed by atoms with Crippen molar-refractivity contribution in [2.75, 3.05) is 17.7 Å². The SMILES string of the molecule is CCCCc1ccc(C#N)c(SCCC(=O)Nc2nc(-c3ccc(OCC)cc3)cs2)n1. The number of hydrogen-bond acceptors (Lipinski definition) is 7. The fraction of sp³-hybridized carbons (Fsp3) is 0.333. The van der Waals surface area contributed by atoms with Crippen LogP contribution in [0.25, 0.3) is 11.3 Å². The van der Waals surface area contributed by atoms with Gasteiger partial charge in [-0.15, -0.1) is 23.1 Å². The van der Waals surface area contributed by atoms with Gasteiger partial charge in [0.1, 0.15) is 16.8 Å². The molecule has 32 heavy (non-hydrogen) atoms. The molecule has 3 aromatic rings. The largest absolute Gasteiger partial charge is 0.494 e. The minimum absolute atomic E-state index is 0.106. The smallest absolute Gasteiger partial charge is 0.226 e. The summed E-state index contributed by atoms with van der Waals surface area (Å²) in [5.41, 5.74) is 3.33. The molecule has 0 unspecified atom stereocenters. The zero-order valence-corrected chi connectivity index (χ0v) is 19.9. The van der Waals surface area contributed by atoms with E-state index in [1.54, 1.807) is 0 Å². The highest BCUT2D eigenvalue weighted by Gasteiger charge is 2.11. The summed E-state index contributed by atoms with van der Waals surface area (Å²) in [6.45, 7) is 4.72. The van der Waals surface area contributed by atoms with Crippen molar-refractivity contribution in [3.05, 3.63) is 53.0 Å². The third-order valence-corrected chi connectivity index (χ3v) is 6.36. The van der Waals surface area contributed by atoms with Crippen molar-refractivity contribution in [1.82, 2.24) is 9.97 Å². The van der Waals surface area contributed by atoms with Gasteiger partial charge in [-0.05, 0) is 56.2 Å². The lowest BCUT2D eigenvalue weighted by Gasteiger charge is -2.06. The quantitative estimate of drug-likeness (QED) is 0.352. The molecule has 0 aliphatic heterocycles. The molecule has 2 aromatic heterocycles. The van der Waals surface area contributed by atoms with Crippen molar-refractivity contribution in [2.45, 2.75) is 44.6 Å². The first-order chi connectivity index (χ1) is 15.6. The minimum atomic E-state index is -0.106. The van der Waals surface area contributed by atoms with Gasteiger partial charge in [-0.2, -0.15) is 5.26 Å². The first-order valence-electron chi connectivity index (χ1n) is 10.6. The van der Waals surface area contributed by atoms with Gasteiger partial charge < -0.3 is 10.1 Å². The standard InChI is InChI=1S/C24H26N4O2S2/c1-3-5-6-19-10-7-18(15-25)23(26-19)31-14-13-22(29)28-24-27-21(16-32-24)17-8-11-20(12-9-17)30-4-2/h7-12,16H,3-6,13-14H2,1-2H3,(H,27,28,29). The highest BCUT2D eigenvalue weighted by Crippen LogP contribution is 2.27. The van der Waals surface area contributed by atoms with Crippen molar-refractivity contribution in [1.29, 1.82) is 5.26 Å². The van der Waals surface area contributed by atoms with E-state index in [2.05, 4.69) is 28.3 Å². The van der Waals surface area contributed by atoms with E-state index in [1.807, 2.05) is 48.7 Å². The number of pyridine rings is 1. The Hall–Kier alpha value is -2.89. The molecular weight excluding hydrogens is 440 g/mol. The van der Waals surface area contributed by atoms with E-state index in [4.69, 9.17) is 4.74 Å². The molecule has 0 atom stereocenters. The molecule has 2 heterocycles. The van der Waals surface area contributed by atoms with Crippen LogP contribution in [0.5, 0.6) is 5.75 Å². The molecule has 0 saturated carbocycles. The number of thiazole rings is 1. The van der Waals surface area contributed by atoms with Gasteiger partial charge in [-0.3, -0.25) is 4.79 Å². The maximum absolute atomic E-state index is 12.4. The lowest BCUT2D eigenvalue weighted by molar-refractivity contribution is -0.115. The topological polar surface area (TPSA) is 87.9 Å². The van der Waals surface area contributed by atoms with Crippen molar-refractivity contribution in [3.8, 4) is 23.1 Å². The number of aromatic nitrogens is 2. The predicted octanol–water partition coefficient (Wildman–Crippen LogP) is 5.94. The number of nitriles is 1. The van der Waals surface area contributed by atoms with E-state index in [-0.39, 0.29) is 5.91 Å². The number of amides is 1. The lowest BCUT2D eigenvalue weighted by atomic mass is 10.2. The summed E-state index contributed by atoms with van der Waals surface area (Å²) in [5, 5.41) is 15.4. The molecule has 0 radical (unpaired) electrons. The Kier molecular flexibility index (Phi) is 9.08. The Morgan fingerprint density at radius 1 is 1.19 bits per heavy atom. The molecule has 1 aromatic carbocycles. The summed E-state index contributed by atoms with van der Waals surface area (Å²) >= 11 is 2.84. The number of rotatable bonds is 11. The van der Waals surface area contributed by atoms with Crippen molar-refractivity contribution >= 4 is 34.1 Å². The molecular formula is C24H26N4O2S2. The number of carbonyl (C=O) groups is 1. The molecule has 0 aliphatic rings. The maximum atomic E-state index is 12.4. The second kappa shape index (κ2) is 12.2. The molecule has 6 nitrogen and oxygen atoms in total. The van der Waals surface area contributed by atoms with Crippen LogP contribution in [0.2, 0.25) is 0 Å². The molecule has 0 fully saturated rings. The van der Waals surface area contributed by atoms with Gasteiger partial charge in [0.05, 0.1) is 17.9 Å². The van der Waals surface area contributed by atoms with Gasteiger partial charge in [0.15, 0.2) is 5.13 Å². The number of anilines is 1. The first kappa shape index (κ1) is 23.8. The number of unbranched alkanes of at least 4 members (excludes halogenated alkanes) is 1. The summed E-state index contributed by atoms with van der Waals surface area (Å²) in [6.07, 6.45) is 3.38. The Bertz CT molecular complexity index is 1070. The number of nitrogens with zero attached hydrogens (tertiary/aromatic N) is 3. The summed E-state index contributed by atoms with van der Waals surface area (Å²) in [4.78, 5) is 21.5. The molecule has 0 saturated heterocycles. The second-order valence-corrected chi connectivity index (χ2v) is 8.95. The maximum Gasteiger partial charge on any atom is 0.226 e. The average molecular weight is 467 g/mol. The van der Waals surface area contributed by atoms with Gasteiger partial charge in [0.2, 0.25) is 5.91 Å². The third kappa shape index (κ3) is 6.81. The van der Waals surface area contributed by atoms with Gasteiger partial charge in [-0.25, -0.2) is 9.97 Å². The molecule has 0 spiro atoms. The molecule has 1 N–H and O–H groups in total. The molecule has 166 valence electrons. The van der Waals surface area contributed by atoms with E-state index in [0.29, 0.717) is 34.5 Å². The molecule has 8 heteroatoms. The van der Waals surface area contributed by atoms with Crippen LogP contribution in [0.1, 0.15) is 44.4 Å². The summed E-state index contributed by atoms with van der Waals surface area (Å²) in [6, 6.07) is 13.6. The van der Waals surface area contributed by atoms with Gasteiger partial charge in [0, 0.05) is 28.8 Å². The number of thioether (sulfide) groups is 1. The number of nitrogens with one attached hydrogen (secondary N) is 1. The normalized spacial score (nSPS) is 10.5. The number of carbonyl (C=O) groups excluding carboxylic acids is 1. The Morgan fingerprint density at radius 2 is 2.00 bits per heavy atom. The number of hydrogen-bond donors (Lipinski definition) is 1. The van der Waals surface area contributed by atoms with E-state index < -0.39 is 0 Å². The second-order valence-electron chi connectivity index (χ2n) is 7.01. The van der Waals surface area contributed by atoms with Crippen LogP contribution < -0.4 is 10.1 Å². The highest BCUT2D eigenvalue weighted by molar-refractivity contribution is 7.99. The van der Waals surface area contributed by atoms with E-state index >= 15 is 0 Å². The van der Waals surface area contributed by atoms with Crippen LogP contribution in [0.15, 0.2) is 46.8 Å². The minimum Gasteiger partial charge on any atom is -0.494 e. The Labute approximate surface area is 197 Å². The van der Waals surface area contributed by atoms with Crippen LogP contribution in [0.4, 0.5) is 5.13 Å². The lowest BCUT2D eigenvalue weighted by Crippen LogP contribution is -2.12. The molecule has 3 rings (SSSR count). The van der Waals surface area contributed by atoms with Gasteiger partial charge in [-0.1, -0.05) is 13.3 Å². The van der Waals surface area contributed by atoms with Crippen LogP contribution >= 0.6 is 23.1 Å². The summed E-state index contributed by atoms with van der Waals surface area (Å²) in [7, 11) is 0. The Morgan fingerprint density at radius 3 is 2.72 bits per heavy atom. The summed E-state index contributed by atoms with van der Waals surface area (Å²) < 4.78 is 5.46. The van der Waals surface area contributed by atoms with Crippen LogP contribution in [-0.2, 0) is 11.2 Å². The number of ether oxygens (including phenoxy) is 1. The number of aryl methyl sites for hydroxylation is 1. The van der Waals surface area contributed by atoms with E-state index in [9.17, 15) is 10.1 Å². The van der Waals surface area contributed by atoms with E-state index in [1.165, 1.54) is 23.1 Å². The van der Waals surface area contributed by atoms with Gasteiger partial charge in [0.25, 0.3) is 0 Å². The zero-order chi connectivity index (χ0) is 22.8. The first-order valence-corrected chi connectivity index (χ1v) is 12.5. The van der Waals surface area contributed by atoms with Crippen molar-refractivity contribution in [3.63, 3.8) is 0 Å². The molecule has 0 aliphatic carbocycles. The summed E-state index contributed by atoms with van der Waals surface area (Å²) in [5.74, 6) is 1.26. The average Bonchev–Trinajstić information content (AvgIpc) is 3.27. The number of benzene rings is 1. The molecule has 1 amide bonds. The highest BCUT2D eigenvalue weighted by atomic mass is 32.2. The molecule has 0 bridgehead atoms. The zero-order valence-electron chi connectivity index (χ0n) is 18.3. The third-order valence-electron chi connectivity index (χ3n) is 4.60.